The van der Waals surface area contributed by atoms with Crippen molar-refractivity contribution in [3.63, 3.8) is 0 Å². The van der Waals surface area contributed by atoms with E-state index in [2.05, 4.69) is 28.8 Å². The third-order valence-electron chi connectivity index (χ3n) is 4.88. The van der Waals surface area contributed by atoms with E-state index in [1.807, 2.05) is 6.92 Å². The van der Waals surface area contributed by atoms with Gasteiger partial charge >= 0.3 is 0 Å². The van der Waals surface area contributed by atoms with Gasteiger partial charge in [0.1, 0.15) is 0 Å². The molecule has 1 aliphatic rings. The van der Waals surface area contributed by atoms with Crippen molar-refractivity contribution in [1.29, 1.82) is 0 Å². The quantitative estimate of drug-likeness (QED) is 0.748. The molecule has 4 N–H and O–H groups in total. The van der Waals surface area contributed by atoms with E-state index >= 15 is 0 Å². The smallest absolute Gasteiger partial charge is 0.250 e. The first-order chi connectivity index (χ1) is 12.5. The summed E-state index contributed by atoms with van der Waals surface area (Å²) in [6.45, 7) is 2.07. The molecule has 1 atom stereocenters. The van der Waals surface area contributed by atoms with Gasteiger partial charge in [0.25, 0.3) is 5.91 Å². The molecule has 0 aromatic heterocycles. The van der Waals surface area contributed by atoms with Crippen LogP contribution < -0.4 is 16.4 Å². The molecule has 0 heterocycles. The number of benzene rings is 2. The SMILES string of the molecule is C[C@H](NC(=O)CNc1ccccc1C(N)=O)c1ccc2c(c1)CCCC2. The minimum Gasteiger partial charge on any atom is -0.376 e. The van der Waals surface area contributed by atoms with Gasteiger partial charge in [-0.25, -0.2) is 0 Å². The fourth-order valence-corrected chi connectivity index (χ4v) is 3.43. The van der Waals surface area contributed by atoms with Crippen molar-refractivity contribution in [2.45, 2.75) is 38.6 Å². The van der Waals surface area contributed by atoms with Crippen LogP contribution in [0.2, 0.25) is 0 Å². The maximum Gasteiger partial charge on any atom is 0.250 e. The molecule has 2 aromatic rings. The summed E-state index contributed by atoms with van der Waals surface area (Å²) in [6.07, 6.45) is 4.77. The molecule has 0 saturated heterocycles. The first-order valence-electron chi connectivity index (χ1n) is 9.08. The lowest BCUT2D eigenvalue weighted by atomic mass is 9.89. The zero-order valence-corrected chi connectivity index (χ0v) is 15.0. The van der Waals surface area contributed by atoms with Crippen LogP contribution in [0.15, 0.2) is 42.5 Å². The van der Waals surface area contributed by atoms with Gasteiger partial charge in [0.2, 0.25) is 5.91 Å². The van der Waals surface area contributed by atoms with Crippen molar-refractivity contribution >= 4 is 17.5 Å². The molecule has 26 heavy (non-hydrogen) atoms. The molecule has 2 amide bonds. The molecule has 0 radical (unpaired) electrons. The zero-order valence-electron chi connectivity index (χ0n) is 15.0. The van der Waals surface area contributed by atoms with E-state index in [0.29, 0.717) is 11.3 Å². The summed E-state index contributed by atoms with van der Waals surface area (Å²) in [5.41, 5.74) is 10.3. The van der Waals surface area contributed by atoms with Crippen LogP contribution in [-0.4, -0.2) is 18.4 Å². The molecular formula is C21H25N3O2. The third kappa shape index (κ3) is 4.23. The molecule has 0 bridgehead atoms. The van der Waals surface area contributed by atoms with Crippen LogP contribution in [0.3, 0.4) is 0 Å². The summed E-state index contributed by atoms with van der Waals surface area (Å²) in [5, 5.41) is 5.99. The number of aryl methyl sites for hydroxylation is 2. The Morgan fingerprint density at radius 1 is 1.08 bits per heavy atom. The van der Waals surface area contributed by atoms with Crippen LogP contribution in [0, 0.1) is 0 Å². The maximum atomic E-state index is 12.3. The molecule has 0 saturated carbocycles. The normalized spacial score (nSPS) is 14.2. The summed E-state index contributed by atoms with van der Waals surface area (Å²) in [4.78, 5) is 23.7. The van der Waals surface area contributed by atoms with E-state index in [1.54, 1.807) is 24.3 Å². The van der Waals surface area contributed by atoms with Crippen molar-refractivity contribution in [1.82, 2.24) is 5.32 Å². The monoisotopic (exact) mass is 351 g/mol. The highest BCUT2D eigenvalue weighted by atomic mass is 16.2. The first kappa shape index (κ1) is 18.0. The summed E-state index contributed by atoms with van der Waals surface area (Å²) >= 11 is 0. The van der Waals surface area contributed by atoms with Gasteiger partial charge in [0, 0.05) is 5.69 Å². The molecular weight excluding hydrogens is 326 g/mol. The second kappa shape index (κ2) is 8.04. The van der Waals surface area contributed by atoms with Crippen LogP contribution in [0.1, 0.15) is 52.9 Å². The first-order valence-corrected chi connectivity index (χ1v) is 9.08. The Bertz CT molecular complexity index is 817. The fourth-order valence-electron chi connectivity index (χ4n) is 3.43. The Morgan fingerprint density at radius 3 is 2.58 bits per heavy atom. The predicted octanol–water partition coefficient (Wildman–Crippen LogP) is 2.95. The third-order valence-corrected chi connectivity index (χ3v) is 4.88. The molecule has 136 valence electrons. The predicted molar refractivity (Wildman–Crippen MR) is 103 cm³/mol. The molecule has 0 fully saturated rings. The molecule has 5 nitrogen and oxygen atoms in total. The summed E-state index contributed by atoms with van der Waals surface area (Å²) in [7, 11) is 0. The van der Waals surface area contributed by atoms with Gasteiger partial charge in [-0.3, -0.25) is 9.59 Å². The van der Waals surface area contributed by atoms with Crippen LogP contribution in [0.5, 0.6) is 0 Å². The van der Waals surface area contributed by atoms with E-state index < -0.39 is 5.91 Å². The van der Waals surface area contributed by atoms with E-state index in [9.17, 15) is 9.59 Å². The van der Waals surface area contributed by atoms with Gasteiger partial charge in [0.05, 0.1) is 18.2 Å². The number of hydrogen-bond donors (Lipinski definition) is 3. The van der Waals surface area contributed by atoms with Crippen molar-refractivity contribution in [2.75, 3.05) is 11.9 Å². The Morgan fingerprint density at radius 2 is 1.81 bits per heavy atom. The lowest BCUT2D eigenvalue weighted by Gasteiger charge is -2.20. The summed E-state index contributed by atoms with van der Waals surface area (Å²) in [5.74, 6) is -0.648. The molecule has 3 rings (SSSR count). The van der Waals surface area contributed by atoms with Crippen molar-refractivity contribution in [3.05, 3.63) is 64.7 Å². The number of carbonyl (C=O) groups is 2. The molecule has 0 unspecified atom stereocenters. The van der Waals surface area contributed by atoms with Gasteiger partial charge in [-0.05, 0) is 61.4 Å². The topological polar surface area (TPSA) is 84.2 Å². The zero-order chi connectivity index (χ0) is 18.5. The van der Waals surface area contributed by atoms with Crippen molar-refractivity contribution in [3.8, 4) is 0 Å². The van der Waals surface area contributed by atoms with E-state index in [0.717, 1.165) is 18.4 Å². The van der Waals surface area contributed by atoms with Gasteiger partial charge in [-0.15, -0.1) is 0 Å². The number of rotatable bonds is 6. The second-order valence-corrected chi connectivity index (χ2v) is 6.79. The van der Waals surface area contributed by atoms with E-state index in [-0.39, 0.29) is 18.5 Å². The lowest BCUT2D eigenvalue weighted by Crippen LogP contribution is -2.32. The Kier molecular flexibility index (Phi) is 5.56. The molecule has 0 spiro atoms. The number of amides is 2. The largest absolute Gasteiger partial charge is 0.376 e. The fraction of sp³-hybridized carbons (Fsp3) is 0.333. The summed E-state index contributed by atoms with van der Waals surface area (Å²) < 4.78 is 0. The average Bonchev–Trinajstić information content (AvgIpc) is 2.66. The lowest BCUT2D eigenvalue weighted by molar-refractivity contribution is -0.120. The van der Waals surface area contributed by atoms with Gasteiger partial charge in [-0.2, -0.15) is 0 Å². The van der Waals surface area contributed by atoms with Crippen molar-refractivity contribution < 1.29 is 9.59 Å². The van der Waals surface area contributed by atoms with Gasteiger partial charge < -0.3 is 16.4 Å². The minimum atomic E-state index is -0.518. The molecule has 5 heteroatoms. The standard InChI is InChI=1S/C21H25N3O2/c1-14(16-11-10-15-6-2-3-7-17(15)12-16)24-20(25)13-23-19-9-5-4-8-18(19)21(22)26/h4-5,8-12,14,23H,2-3,6-7,13H2,1H3,(H2,22,26)(H,24,25)/t14-/m0/s1. The van der Waals surface area contributed by atoms with Gasteiger partial charge in [0.15, 0.2) is 0 Å². The number of nitrogens with one attached hydrogen (secondary N) is 2. The average molecular weight is 351 g/mol. The number of carbonyl (C=O) groups excluding carboxylic acids is 2. The van der Waals surface area contributed by atoms with Crippen LogP contribution in [0.4, 0.5) is 5.69 Å². The highest BCUT2D eigenvalue weighted by Crippen LogP contribution is 2.24. The maximum absolute atomic E-state index is 12.3. The molecule has 1 aliphatic carbocycles. The van der Waals surface area contributed by atoms with Gasteiger partial charge in [-0.1, -0.05) is 30.3 Å². The minimum absolute atomic E-state index is 0.0667. The number of primary amides is 1. The Hall–Kier alpha value is -2.82. The number of hydrogen-bond acceptors (Lipinski definition) is 3. The second-order valence-electron chi connectivity index (χ2n) is 6.79. The Labute approximate surface area is 154 Å². The molecule has 0 aliphatic heterocycles. The van der Waals surface area contributed by atoms with Crippen LogP contribution in [-0.2, 0) is 17.6 Å². The number of fused-ring (bicyclic) bond motifs is 1. The van der Waals surface area contributed by atoms with Crippen LogP contribution in [0.25, 0.3) is 0 Å². The van der Waals surface area contributed by atoms with E-state index in [1.165, 1.54) is 24.0 Å². The summed E-state index contributed by atoms with van der Waals surface area (Å²) in [6, 6.07) is 13.3. The number of para-hydroxylation sites is 1. The van der Waals surface area contributed by atoms with Crippen molar-refractivity contribution in [2.24, 2.45) is 5.73 Å². The number of nitrogens with two attached hydrogens (primary N) is 1. The van der Waals surface area contributed by atoms with E-state index in [4.69, 9.17) is 5.73 Å². The Balaban J connectivity index is 1.59. The number of anilines is 1. The van der Waals surface area contributed by atoms with Crippen LogP contribution >= 0.6 is 0 Å². The highest BCUT2D eigenvalue weighted by molar-refractivity contribution is 5.99. The highest BCUT2D eigenvalue weighted by Gasteiger charge is 2.14. The molecule has 2 aromatic carbocycles.